The van der Waals surface area contributed by atoms with Gasteiger partial charge in [-0.25, -0.2) is 10.2 Å². The third-order valence-corrected chi connectivity index (χ3v) is 10.5. The summed E-state index contributed by atoms with van der Waals surface area (Å²) in [7, 11) is 0. The van der Waals surface area contributed by atoms with Crippen molar-refractivity contribution in [2.75, 3.05) is 25.4 Å². The molecule has 0 spiro atoms. The number of esters is 1. The fourth-order valence-electron chi connectivity index (χ4n) is 5.28. The molecule has 0 aliphatic carbocycles. The van der Waals surface area contributed by atoms with E-state index in [2.05, 4.69) is 31.8 Å². The van der Waals surface area contributed by atoms with E-state index in [4.69, 9.17) is 21.1 Å². The first-order chi connectivity index (χ1) is 27.4. The molecular weight excluding hydrogens is 784 g/mol. The Morgan fingerprint density at radius 1 is 0.877 bits per heavy atom. The van der Waals surface area contributed by atoms with Crippen LogP contribution in [0.25, 0.3) is 0 Å². The van der Waals surface area contributed by atoms with Gasteiger partial charge in [0.05, 0.1) is 23.1 Å². The molecule has 0 aliphatic rings. The van der Waals surface area contributed by atoms with Crippen molar-refractivity contribution in [1.29, 1.82) is 0 Å². The summed E-state index contributed by atoms with van der Waals surface area (Å²) >= 11 is 9.25. The third kappa shape index (κ3) is 17.0. The van der Waals surface area contributed by atoms with Crippen LogP contribution in [0.1, 0.15) is 65.4 Å². The number of urea groups is 1. The predicted molar refractivity (Wildman–Crippen MR) is 229 cm³/mol. The van der Waals surface area contributed by atoms with Gasteiger partial charge < -0.3 is 30.7 Å². The second-order valence-electron chi connectivity index (χ2n) is 13.9. The van der Waals surface area contributed by atoms with Crippen LogP contribution in [-0.4, -0.2) is 66.6 Å². The quantitative estimate of drug-likeness (QED) is 0.0346. The molecule has 3 aromatic carbocycles. The Morgan fingerprint density at radius 3 is 2.33 bits per heavy atom. The summed E-state index contributed by atoms with van der Waals surface area (Å²) < 4.78 is 11.1. The SMILES string of the molecule is CCNC(=O)COc1ccc(CCNC(=O)N/N=C(\CSCc2ccccc2Cl)[C@H](CC(=O)OC(C)(C)C)NC(=O)c2ccc(CNCc3ccccc3)s2)cc1. The molecule has 1 atom stereocenters. The first kappa shape index (κ1) is 44.8. The number of nitrogens with zero attached hydrogens (tertiary/aromatic N) is 1. The summed E-state index contributed by atoms with van der Waals surface area (Å²) in [5.74, 6) is 0.244. The number of likely N-dealkylation sites (N-methyl/N-ethyl adjacent to an activating group) is 1. The maximum Gasteiger partial charge on any atom is 0.335 e. The summed E-state index contributed by atoms with van der Waals surface area (Å²) in [6.07, 6.45) is 0.313. The predicted octanol–water partition coefficient (Wildman–Crippen LogP) is 6.87. The van der Waals surface area contributed by atoms with E-state index in [1.165, 1.54) is 23.1 Å². The van der Waals surface area contributed by atoms with Crippen molar-refractivity contribution >= 4 is 64.2 Å². The van der Waals surface area contributed by atoms with Crippen LogP contribution in [0.4, 0.5) is 4.79 Å². The van der Waals surface area contributed by atoms with Crippen LogP contribution in [-0.2, 0) is 39.6 Å². The molecule has 1 aromatic heterocycles. The van der Waals surface area contributed by atoms with E-state index in [9.17, 15) is 19.2 Å². The van der Waals surface area contributed by atoms with Crippen LogP contribution in [0.3, 0.4) is 0 Å². The zero-order chi connectivity index (χ0) is 41.0. The van der Waals surface area contributed by atoms with Crippen LogP contribution in [0, 0.1) is 0 Å². The van der Waals surface area contributed by atoms with Crippen molar-refractivity contribution in [3.63, 3.8) is 0 Å². The highest BCUT2D eigenvalue weighted by atomic mass is 35.5. The van der Waals surface area contributed by atoms with E-state index in [0.29, 0.717) is 59.7 Å². The van der Waals surface area contributed by atoms with E-state index in [1.807, 2.05) is 79.7 Å². The molecule has 4 rings (SSSR count). The van der Waals surface area contributed by atoms with E-state index in [-0.39, 0.29) is 30.6 Å². The first-order valence-corrected chi connectivity index (χ1v) is 21.0. The van der Waals surface area contributed by atoms with Gasteiger partial charge in [-0.15, -0.1) is 11.3 Å². The lowest BCUT2D eigenvalue weighted by atomic mass is 10.1. The largest absolute Gasteiger partial charge is 0.484 e. The molecule has 0 radical (unpaired) electrons. The second kappa shape index (κ2) is 23.4. The molecule has 57 heavy (non-hydrogen) atoms. The average molecular weight is 835 g/mol. The van der Waals surface area contributed by atoms with Crippen LogP contribution >= 0.6 is 34.7 Å². The molecule has 0 unspecified atom stereocenters. The minimum Gasteiger partial charge on any atom is -0.484 e. The lowest BCUT2D eigenvalue weighted by Gasteiger charge is -2.24. The van der Waals surface area contributed by atoms with Gasteiger partial charge in [0, 0.05) is 47.6 Å². The molecule has 304 valence electrons. The van der Waals surface area contributed by atoms with Gasteiger partial charge in [0.25, 0.3) is 11.8 Å². The van der Waals surface area contributed by atoms with Gasteiger partial charge in [0.15, 0.2) is 6.61 Å². The van der Waals surface area contributed by atoms with Crippen molar-refractivity contribution in [3.8, 4) is 5.75 Å². The highest BCUT2D eigenvalue weighted by Gasteiger charge is 2.27. The standard InChI is InChI=1S/C42H51ClN6O6S2/c1-5-45-38(50)26-54-32-17-15-29(16-18-32)21-22-46-41(53)49-48-36(28-56-27-31-13-9-10-14-34(31)43)35(23-39(51)55-42(2,3)4)47-40(52)37-20-19-33(57-37)25-44-24-30-11-7-6-8-12-30/h6-20,35,44H,5,21-28H2,1-4H3,(H,45,50)(H,47,52)(H2,46,49,53)/b48-36+/t35-/m0/s1. The van der Waals surface area contributed by atoms with E-state index in [0.717, 1.165) is 21.6 Å². The smallest absolute Gasteiger partial charge is 0.335 e. The minimum atomic E-state index is -0.901. The molecule has 0 aliphatic heterocycles. The minimum absolute atomic E-state index is 0.0690. The fourth-order valence-corrected chi connectivity index (χ4v) is 7.49. The fraction of sp³-hybridized carbons (Fsp3) is 0.357. The van der Waals surface area contributed by atoms with Crippen LogP contribution in [0.5, 0.6) is 5.75 Å². The number of ether oxygens (including phenoxy) is 2. The Bertz CT molecular complexity index is 1930. The molecule has 0 saturated heterocycles. The Kier molecular flexibility index (Phi) is 18.4. The molecule has 1 heterocycles. The number of amides is 4. The summed E-state index contributed by atoms with van der Waals surface area (Å²) in [5, 5.41) is 17.0. The maximum absolute atomic E-state index is 13.7. The summed E-state index contributed by atoms with van der Waals surface area (Å²) in [6, 6.07) is 27.0. The number of rotatable bonds is 21. The number of carbonyl (C=O) groups excluding carboxylic acids is 4. The molecule has 0 bridgehead atoms. The van der Waals surface area contributed by atoms with Gasteiger partial charge in [-0.1, -0.05) is 72.3 Å². The summed E-state index contributed by atoms with van der Waals surface area (Å²) in [6.45, 7) is 9.19. The van der Waals surface area contributed by atoms with Crippen molar-refractivity contribution in [3.05, 3.63) is 122 Å². The zero-order valence-corrected chi connectivity index (χ0v) is 35.1. The topological polar surface area (TPSA) is 159 Å². The van der Waals surface area contributed by atoms with Crippen LogP contribution in [0.2, 0.25) is 5.02 Å². The Balaban J connectivity index is 1.44. The molecular formula is C42H51ClN6O6S2. The molecule has 0 saturated carbocycles. The Hall–Kier alpha value is -4.89. The molecule has 4 amide bonds. The average Bonchev–Trinajstić information content (AvgIpc) is 3.65. The number of hydrogen-bond donors (Lipinski definition) is 5. The molecule has 0 fully saturated rings. The monoisotopic (exact) mass is 834 g/mol. The molecule has 5 N–H and O–H groups in total. The number of hydrogen-bond acceptors (Lipinski definition) is 10. The number of nitrogens with one attached hydrogen (secondary N) is 5. The molecule has 15 heteroatoms. The molecule has 4 aromatic rings. The van der Waals surface area contributed by atoms with Gasteiger partial charge in [-0.3, -0.25) is 14.4 Å². The van der Waals surface area contributed by atoms with Crippen molar-refractivity contribution in [2.24, 2.45) is 5.10 Å². The lowest BCUT2D eigenvalue weighted by molar-refractivity contribution is -0.154. The first-order valence-electron chi connectivity index (χ1n) is 18.6. The van der Waals surface area contributed by atoms with Gasteiger partial charge in [-0.2, -0.15) is 16.9 Å². The third-order valence-electron chi connectivity index (χ3n) is 7.99. The number of halogens is 1. The van der Waals surface area contributed by atoms with E-state index >= 15 is 0 Å². The Labute approximate surface area is 347 Å². The van der Waals surface area contributed by atoms with E-state index in [1.54, 1.807) is 39.0 Å². The van der Waals surface area contributed by atoms with Gasteiger partial charge in [-0.05, 0) is 81.1 Å². The zero-order valence-electron chi connectivity index (χ0n) is 32.7. The highest BCUT2D eigenvalue weighted by molar-refractivity contribution is 7.99. The number of hydrazone groups is 1. The van der Waals surface area contributed by atoms with Gasteiger partial charge in [0.2, 0.25) is 0 Å². The van der Waals surface area contributed by atoms with Crippen molar-refractivity contribution in [1.82, 2.24) is 26.7 Å². The normalized spacial score (nSPS) is 12.0. The maximum atomic E-state index is 13.7. The van der Waals surface area contributed by atoms with Gasteiger partial charge >= 0.3 is 12.0 Å². The number of benzene rings is 3. The van der Waals surface area contributed by atoms with E-state index < -0.39 is 23.6 Å². The van der Waals surface area contributed by atoms with Crippen molar-refractivity contribution in [2.45, 2.75) is 71.0 Å². The lowest BCUT2D eigenvalue weighted by Crippen LogP contribution is -2.45. The van der Waals surface area contributed by atoms with Gasteiger partial charge in [0.1, 0.15) is 11.4 Å². The second-order valence-corrected chi connectivity index (χ2v) is 16.4. The van der Waals surface area contributed by atoms with Crippen LogP contribution in [0.15, 0.2) is 96.1 Å². The Morgan fingerprint density at radius 2 is 1.61 bits per heavy atom. The summed E-state index contributed by atoms with van der Waals surface area (Å²) in [4.78, 5) is 53.1. The van der Waals surface area contributed by atoms with Crippen LogP contribution < -0.4 is 31.4 Å². The van der Waals surface area contributed by atoms with Crippen molar-refractivity contribution < 1.29 is 28.7 Å². The number of thioether (sulfide) groups is 1. The molecule has 12 nitrogen and oxygen atoms in total. The number of thiophene rings is 1. The summed E-state index contributed by atoms with van der Waals surface area (Å²) in [5.41, 5.74) is 5.19. The highest BCUT2D eigenvalue weighted by Crippen LogP contribution is 2.23. The number of carbonyl (C=O) groups is 4.